The Balaban J connectivity index is 2.23. The monoisotopic (exact) mass is 308 g/mol. The SMILES string of the molecule is CCSc1ccccc1NC(=O)c1c[nH]c(=O)c(Cl)c1. The Morgan fingerprint density at radius 2 is 2.15 bits per heavy atom. The number of thioether (sulfide) groups is 1. The van der Waals surface area contributed by atoms with Crippen molar-refractivity contribution in [3.63, 3.8) is 0 Å². The van der Waals surface area contributed by atoms with Crippen LogP contribution >= 0.6 is 23.4 Å². The van der Waals surface area contributed by atoms with Gasteiger partial charge in [0.25, 0.3) is 11.5 Å². The standard InChI is InChI=1S/C14H13ClN2O2S/c1-2-20-12-6-4-3-5-11(12)17-13(18)9-7-10(15)14(19)16-8-9/h3-8H,2H2,1H3,(H,16,19)(H,17,18). The van der Waals surface area contributed by atoms with Gasteiger partial charge in [0.15, 0.2) is 0 Å². The maximum atomic E-state index is 12.1. The Kier molecular flexibility index (Phi) is 4.87. The predicted molar refractivity (Wildman–Crippen MR) is 82.9 cm³/mol. The number of amides is 1. The first-order valence-electron chi connectivity index (χ1n) is 6.03. The zero-order valence-corrected chi connectivity index (χ0v) is 12.3. The molecule has 0 saturated carbocycles. The van der Waals surface area contributed by atoms with Gasteiger partial charge in [-0.05, 0) is 24.0 Å². The van der Waals surface area contributed by atoms with Crippen LogP contribution in [0, 0.1) is 0 Å². The molecule has 0 aliphatic rings. The van der Waals surface area contributed by atoms with Crippen LogP contribution < -0.4 is 10.9 Å². The van der Waals surface area contributed by atoms with Crippen molar-refractivity contribution in [1.29, 1.82) is 0 Å². The van der Waals surface area contributed by atoms with Crippen LogP contribution in [0.4, 0.5) is 5.69 Å². The zero-order valence-electron chi connectivity index (χ0n) is 10.8. The van der Waals surface area contributed by atoms with Crippen molar-refractivity contribution in [2.45, 2.75) is 11.8 Å². The van der Waals surface area contributed by atoms with Gasteiger partial charge in [-0.25, -0.2) is 0 Å². The third-order valence-corrected chi connectivity index (χ3v) is 3.79. The second-order valence-electron chi connectivity index (χ2n) is 3.95. The molecule has 0 aliphatic carbocycles. The first-order valence-corrected chi connectivity index (χ1v) is 7.39. The van der Waals surface area contributed by atoms with Gasteiger partial charge in [-0.1, -0.05) is 30.7 Å². The van der Waals surface area contributed by atoms with Crippen LogP contribution in [0.1, 0.15) is 17.3 Å². The van der Waals surface area contributed by atoms with E-state index in [1.54, 1.807) is 11.8 Å². The van der Waals surface area contributed by atoms with E-state index in [-0.39, 0.29) is 10.9 Å². The number of para-hydroxylation sites is 1. The van der Waals surface area contributed by atoms with E-state index < -0.39 is 5.56 Å². The third kappa shape index (κ3) is 3.43. The molecule has 4 nitrogen and oxygen atoms in total. The summed E-state index contributed by atoms with van der Waals surface area (Å²) in [5, 5.41) is 2.81. The lowest BCUT2D eigenvalue weighted by Crippen LogP contribution is -2.15. The molecule has 0 aliphatic heterocycles. The van der Waals surface area contributed by atoms with Gasteiger partial charge in [-0.15, -0.1) is 11.8 Å². The van der Waals surface area contributed by atoms with Crippen molar-refractivity contribution in [2.75, 3.05) is 11.1 Å². The molecule has 0 atom stereocenters. The van der Waals surface area contributed by atoms with E-state index in [4.69, 9.17) is 11.6 Å². The summed E-state index contributed by atoms with van der Waals surface area (Å²) in [4.78, 5) is 26.7. The van der Waals surface area contributed by atoms with Crippen LogP contribution in [0.5, 0.6) is 0 Å². The number of aromatic amines is 1. The predicted octanol–water partition coefficient (Wildman–Crippen LogP) is 3.39. The Morgan fingerprint density at radius 1 is 1.40 bits per heavy atom. The second kappa shape index (κ2) is 6.63. The summed E-state index contributed by atoms with van der Waals surface area (Å²) in [6, 6.07) is 8.91. The van der Waals surface area contributed by atoms with E-state index in [0.29, 0.717) is 5.56 Å². The minimum atomic E-state index is -0.412. The average Bonchev–Trinajstić information content (AvgIpc) is 2.44. The maximum Gasteiger partial charge on any atom is 0.266 e. The molecule has 1 aromatic heterocycles. The number of benzene rings is 1. The molecule has 2 aromatic rings. The van der Waals surface area contributed by atoms with Gasteiger partial charge in [-0.2, -0.15) is 0 Å². The first-order chi connectivity index (χ1) is 9.61. The molecule has 0 bridgehead atoms. The number of rotatable bonds is 4. The van der Waals surface area contributed by atoms with Crippen molar-refractivity contribution < 1.29 is 4.79 Å². The maximum absolute atomic E-state index is 12.1. The van der Waals surface area contributed by atoms with Crippen molar-refractivity contribution in [3.8, 4) is 0 Å². The van der Waals surface area contributed by atoms with Crippen molar-refractivity contribution in [2.24, 2.45) is 0 Å². The highest BCUT2D eigenvalue weighted by Crippen LogP contribution is 2.26. The third-order valence-electron chi connectivity index (χ3n) is 2.56. The van der Waals surface area contributed by atoms with E-state index in [1.165, 1.54) is 12.3 Å². The molecule has 1 amide bonds. The summed E-state index contributed by atoms with van der Waals surface area (Å²) in [6.07, 6.45) is 1.35. The molecule has 104 valence electrons. The Labute approximate surface area is 125 Å². The summed E-state index contributed by atoms with van der Waals surface area (Å²) in [5.41, 5.74) is 0.641. The molecule has 0 unspecified atom stereocenters. The number of H-pyrrole nitrogens is 1. The second-order valence-corrected chi connectivity index (χ2v) is 5.66. The summed E-state index contributed by atoms with van der Waals surface area (Å²) in [7, 11) is 0. The Hall–Kier alpha value is -1.72. The van der Waals surface area contributed by atoms with Crippen molar-refractivity contribution >= 4 is 35.0 Å². The van der Waals surface area contributed by atoms with Crippen LogP contribution in [0.3, 0.4) is 0 Å². The molecule has 2 N–H and O–H groups in total. The number of pyridine rings is 1. The quantitative estimate of drug-likeness (QED) is 0.851. The molecule has 20 heavy (non-hydrogen) atoms. The number of aromatic nitrogens is 1. The Morgan fingerprint density at radius 3 is 2.85 bits per heavy atom. The van der Waals surface area contributed by atoms with Gasteiger partial charge in [0.05, 0.1) is 11.3 Å². The van der Waals surface area contributed by atoms with Gasteiger partial charge in [-0.3, -0.25) is 9.59 Å². The highest BCUT2D eigenvalue weighted by molar-refractivity contribution is 7.99. The molecule has 0 fully saturated rings. The fourth-order valence-corrected chi connectivity index (χ4v) is 2.57. The topological polar surface area (TPSA) is 62.0 Å². The summed E-state index contributed by atoms with van der Waals surface area (Å²) < 4.78 is 0. The van der Waals surface area contributed by atoms with E-state index in [0.717, 1.165) is 16.3 Å². The number of hydrogen-bond donors (Lipinski definition) is 2. The Bertz CT molecular complexity index is 685. The molecular formula is C14H13ClN2O2S. The highest BCUT2D eigenvalue weighted by atomic mass is 35.5. The van der Waals surface area contributed by atoms with Crippen LogP contribution in [0.2, 0.25) is 5.02 Å². The number of nitrogens with one attached hydrogen (secondary N) is 2. The molecule has 2 rings (SSSR count). The highest BCUT2D eigenvalue weighted by Gasteiger charge is 2.10. The molecule has 0 spiro atoms. The van der Waals surface area contributed by atoms with E-state index in [9.17, 15) is 9.59 Å². The number of carbonyl (C=O) groups is 1. The van der Waals surface area contributed by atoms with E-state index in [2.05, 4.69) is 10.3 Å². The van der Waals surface area contributed by atoms with Crippen LogP contribution in [-0.2, 0) is 0 Å². The fourth-order valence-electron chi connectivity index (χ4n) is 1.63. The lowest BCUT2D eigenvalue weighted by Gasteiger charge is -2.10. The molecule has 0 saturated heterocycles. The molecule has 0 radical (unpaired) electrons. The normalized spacial score (nSPS) is 10.3. The summed E-state index contributed by atoms with van der Waals surface area (Å²) >= 11 is 7.36. The average molecular weight is 309 g/mol. The largest absolute Gasteiger partial charge is 0.327 e. The lowest BCUT2D eigenvalue weighted by atomic mass is 10.2. The van der Waals surface area contributed by atoms with Gasteiger partial charge >= 0.3 is 0 Å². The smallest absolute Gasteiger partial charge is 0.266 e. The lowest BCUT2D eigenvalue weighted by molar-refractivity contribution is 0.102. The van der Waals surface area contributed by atoms with Crippen LogP contribution in [0.25, 0.3) is 0 Å². The molecular weight excluding hydrogens is 296 g/mol. The number of halogens is 1. The number of hydrogen-bond acceptors (Lipinski definition) is 3. The van der Waals surface area contributed by atoms with Crippen LogP contribution in [0.15, 0.2) is 46.2 Å². The molecule has 6 heteroatoms. The minimum absolute atomic E-state index is 0.00568. The van der Waals surface area contributed by atoms with E-state index in [1.807, 2.05) is 31.2 Å². The van der Waals surface area contributed by atoms with Gasteiger partial charge in [0.1, 0.15) is 5.02 Å². The van der Waals surface area contributed by atoms with E-state index >= 15 is 0 Å². The first kappa shape index (κ1) is 14.7. The minimum Gasteiger partial charge on any atom is -0.327 e. The number of anilines is 1. The van der Waals surface area contributed by atoms with Crippen LogP contribution in [-0.4, -0.2) is 16.6 Å². The molecule has 1 heterocycles. The number of carbonyl (C=O) groups excluding carboxylic acids is 1. The summed E-state index contributed by atoms with van der Waals surface area (Å²) in [6.45, 7) is 2.05. The zero-order chi connectivity index (χ0) is 14.5. The van der Waals surface area contributed by atoms with Gasteiger partial charge in [0, 0.05) is 11.1 Å². The summed E-state index contributed by atoms with van der Waals surface area (Å²) in [5.74, 6) is 0.601. The van der Waals surface area contributed by atoms with Crippen molar-refractivity contribution in [3.05, 3.63) is 57.5 Å². The van der Waals surface area contributed by atoms with Crippen molar-refractivity contribution in [1.82, 2.24) is 4.98 Å². The fraction of sp³-hybridized carbons (Fsp3) is 0.143. The van der Waals surface area contributed by atoms with Gasteiger partial charge in [0.2, 0.25) is 0 Å². The van der Waals surface area contributed by atoms with Gasteiger partial charge < -0.3 is 10.3 Å². The molecule has 1 aromatic carbocycles.